The van der Waals surface area contributed by atoms with Crippen molar-refractivity contribution in [3.63, 3.8) is 0 Å². The third kappa shape index (κ3) is 4.45. The van der Waals surface area contributed by atoms with Gasteiger partial charge in [-0.05, 0) is 44.8 Å². The summed E-state index contributed by atoms with van der Waals surface area (Å²) in [5, 5.41) is 3.31. The lowest BCUT2D eigenvalue weighted by Gasteiger charge is -2.26. The van der Waals surface area contributed by atoms with Crippen LogP contribution in [0.4, 0.5) is 0 Å². The molecule has 2 fully saturated rings. The Morgan fingerprint density at radius 3 is 2.65 bits per heavy atom. The number of nitrogens with zero attached hydrogens (tertiary/aromatic N) is 1. The Morgan fingerprint density at radius 2 is 1.96 bits per heavy atom. The predicted molar refractivity (Wildman–Crippen MR) is 88.4 cm³/mol. The highest BCUT2D eigenvalue weighted by atomic mass is 16.5. The number of rotatable bonds is 7. The molecule has 5 heteroatoms. The molecule has 1 saturated carbocycles. The zero-order valence-electron chi connectivity index (χ0n) is 13.8. The van der Waals surface area contributed by atoms with Crippen LogP contribution in [0.25, 0.3) is 0 Å². The van der Waals surface area contributed by atoms with E-state index in [0.29, 0.717) is 12.6 Å². The summed E-state index contributed by atoms with van der Waals surface area (Å²) in [6, 6.07) is 8.26. The van der Waals surface area contributed by atoms with Gasteiger partial charge >= 0.3 is 0 Å². The van der Waals surface area contributed by atoms with Crippen LogP contribution in [0.1, 0.15) is 31.2 Å². The number of benzene rings is 1. The number of hydrogen-bond donors (Lipinski definition) is 1. The molecule has 5 nitrogen and oxygen atoms in total. The highest BCUT2D eigenvalue weighted by Gasteiger charge is 2.33. The van der Waals surface area contributed by atoms with Crippen molar-refractivity contribution in [1.82, 2.24) is 10.2 Å². The summed E-state index contributed by atoms with van der Waals surface area (Å²) in [6.45, 7) is 2.75. The molecule has 1 aromatic rings. The van der Waals surface area contributed by atoms with Crippen LogP contribution in [0.15, 0.2) is 24.3 Å². The summed E-state index contributed by atoms with van der Waals surface area (Å²) in [5.41, 5.74) is 1.05. The first-order valence-electron chi connectivity index (χ1n) is 8.51. The second-order valence-electron chi connectivity index (χ2n) is 6.33. The average molecular weight is 318 g/mol. The molecule has 1 aromatic carbocycles. The van der Waals surface area contributed by atoms with Gasteiger partial charge < -0.3 is 19.7 Å². The van der Waals surface area contributed by atoms with Gasteiger partial charge in [0.25, 0.3) is 0 Å². The minimum atomic E-state index is 0.0944. The van der Waals surface area contributed by atoms with Crippen LogP contribution in [-0.2, 0) is 16.1 Å². The molecule has 0 aromatic heterocycles. The van der Waals surface area contributed by atoms with Gasteiger partial charge in [-0.2, -0.15) is 0 Å². The lowest BCUT2D eigenvalue weighted by atomic mass is 10.1. The number of nitrogens with one attached hydrogen (secondary N) is 1. The predicted octanol–water partition coefficient (Wildman–Crippen LogP) is 1.95. The molecule has 1 heterocycles. The first-order valence-corrected chi connectivity index (χ1v) is 8.51. The van der Waals surface area contributed by atoms with Gasteiger partial charge in [-0.25, -0.2) is 0 Å². The van der Waals surface area contributed by atoms with Gasteiger partial charge in [-0.3, -0.25) is 4.79 Å². The molecule has 1 aliphatic heterocycles. The van der Waals surface area contributed by atoms with E-state index in [9.17, 15) is 4.79 Å². The van der Waals surface area contributed by atoms with E-state index >= 15 is 0 Å². The fraction of sp³-hybridized carbons (Fsp3) is 0.611. The second-order valence-corrected chi connectivity index (χ2v) is 6.33. The van der Waals surface area contributed by atoms with Crippen LogP contribution in [0, 0.1) is 0 Å². The Hall–Kier alpha value is -1.59. The number of piperidine rings is 1. The zero-order valence-corrected chi connectivity index (χ0v) is 13.8. The number of hydrogen-bond acceptors (Lipinski definition) is 4. The van der Waals surface area contributed by atoms with Crippen LogP contribution in [-0.4, -0.2) is 49.8 Å². The van der Waals surface area contributed by atoms with Crippen molar-refractivity contribution in [1.29, 1.82) is 0 Å². The quantitative estimate of drug-likeness (QED) is 0.835. The Labute approximate surface area is 137 Å². The smallest absolute Gasteiger partial charge is 0.249 e. The topological polar surface area (TPSA) is 50.8 Å². The Morgan fingerprint density at radius 1 is 1.22 bits per heavy atom. The van der Waals surface area contributed by atoms with Crippen molar-refractivity contribution in [2.75, 3.05) is 26.8 Å². The molecule has 2 aliphatic rings. The molecule has 1 N–H and O–H groups in total. The molecule has 0 atom stereocenters. The van der Waals surface area contributed by atoms with Crippen LogP contribution >= 0.6 is 0 Å². The lowest BCUT2D eigenvalue weighted by Crippen LogP contribution is -2.38. The molecular formula is C18H26N2O3. The van der Waals surface area contributed by atoms with Crippen molar-refractivity contribution in [3.05, 3.63) is 29.8 Å². The summed E-state index contributed by atoms with van der Waals surface area (Å²) < 4.78 is 11.2. The van der Waals surface area contributed by atoms with Crippen molar-refractivity contribution >= 4 is 5.91 Å². The summed E-state index contributed by atoms with van der Waals surface area (Å²) in [7, 11) is 1.67. The third-order valence-corrected chi connectivity index (χ3v) is 4.57. The van der Waals surface area contributed by atoms with Crippen molar-refractivity contribution in [2.45, 2.75) is 44.4 Å². The van der Waals surface area contributed by atoms with Gasteiger partial charge in [0.2, 0.25) is 5.91 Å². The Kier molecular flexibility index (Phi) is 5.51. The van der Waals surface area contributed by atoms with Gasteiger partial charge in [0, 0.05) is 18.2 Å². The molecule has 0 bridgehead atoms. The van der Waals surface area contributed by atoms with E-state index in [4.69, 9.17) is 9.47 Å². The van der Waals surface area contributed by atoms with E-state index in [1.165, 1.54) is 0 Å². The maximum absolute atomic E-state index is 12.6. The van der Waals surface area contributed by atoms with Crippen LogP contribution in [0.5, 0.6) is 5.75 Å². The van der Waals surface area contributed by atoms with Gasteiger partial charge in [0.05, 0.1) is 13.2 Å². The summed E-state index contributed by atoms with van der Waals surface area (Å²) >= 11 is 0. The molecule has 0 spiro atoms. The number of ether oxygens (including phenoxy) is 2. The molecule has 3 rings (SSSR count). The lowest BCUT2D eigenvalue weighted by molar-refractivity contribution is -0.140. The fourth-order valence-corrected chi connectivity index (χ4v) is 3.06. The number of para-hydroxylation sites is 1. The van der Waals surface area contributed by atoms with Gasteiger partial charge in [0.1, 0.15) is 12.4 Å². The van der Waals surface area contributed by atoms with Crippen LogP contribution < -0.4 is 10.1 Å². The second kappa shape index (κ2) is 7.79. The molecule has 0 radical (unpaired) electrons. The van der Waals surface area contributed by atoms with E-state index < -0.39 is 0 Å². The van der Waals surface area contributed by atoms with Gasteiger partial charge in [-0.15, -0.1) is 0 Å². The standard InChI is InChI=1S/C18H26N2O3/c1-22-17-5-3-2-4-14(17)12-20(15-6-7-15)18(21)13-23-16-8-10-19-11-9-16/h2-5,15-16,19H,6-13H2,1H3. The normalized spacial score (nSPS) is 18.7. The van der Waals surface area contributed by atoms with Crippen molar-refractivity contribution < 1.29 is 14.3 Å². The van der Waals surface area contributed by atoms with Gasteiger partial charge in [-0.1, -0.05) is 18.2 Å². The molecule has 126 valence electrons. The molecule has 1 saturated heterocycles. The molecule has 1 aliphatic carbocycles. The first-order chi connectivity index (χ1) is 11.3. The number of carbonyl (C=O) groups excluding carboxylic acids is 1. The number of carbonyl (C=O) groups is 1. The molecule has 23 heavy (non-hydrogen) atoms. The summed E-state index contributed by atoms with van der Waals surface area (Å²) in [5.74, 6) is 0.933. The maximum Gasteiger partial charge on any atom is 0.249 e. The highest BCUT2D eigenvalue weighted by Crippen LogP contribution is 2.30. The largest absolute Gasteiger partial charge is 0.496 e. The van der Waals surface area contributed by atoms with Crippen LogP contribution in [0.3, 0.4) is 0 Å². The molecular weight excluding hydrogens is 292 g/mol. The van der Waals surface area contributed by atoms with E-state index in [2.05, 4.69) is 5.32 Å². The monoisotopic (exact) mass is 318 g/mol. The fourth-order valence-electron chi connectivity index (χ4n) is 3.06. The molecule has 1 amide bonds. The minimum absolute atomic E-state index is 0.0944. The van der Waals surface area contributed by atoms with E-state index in [1.54, 1.807) is 7.11 Å². The summed E-state index contributed by atoms with van der Waals surface area (Å²) in [6.07, 6.45) is 4.38. The zero-order chi connectivity index (χ0) is 16.1. The highest BCUT2D eigenvalue weighted by molar-refractivity contribution is 5.78. The average Bonchev–Trinajstić information content (AvgIpc) is 3.43. The minimum Gasteiger partial charge on any atom is -0.496 e. The maximum atomic E-state index is 12.6. The summed E-state index contributed by atoms with van der Waals surface area (Å²) in [4.78, 5) is 14.6. The first kappa shape index (κ1) is 16.3. The van der Waals surface area contributed by atoms with E-state index in [1.807, 2.05) is 29.2 Å². The van der Waals surface area contributed by atoms with E-state index in [0.717, 1.165) is 50.1 Å². The van der Waals surface area contributed by atoms with Crippen molar-refractivity contribution in [3.8, 4) is 5.75 Å². The van der Waals surface area contributed by atoms with Crippen molar-refractivity contribution in [2.24, 2.45) is 0 Å². The SMILES string of the molecule is COc1ccccc1CN(C(=O)COC1CCNCC1)C1CC1. The Bertz CT molecular complexity index is 525. The third-order valence-electron chi connectivity index (χ3n) is 4.57. The number of amides is 1. The molecule has 0 unspecified atom stereocenters. The number of methoxy groups -OCH3 is 1. The Balaban J connectivity index is 1.58. The van der Waals surface area contributed by atoms with Crippen LogP contribution in [0.2, 0.25) is 0 Å². The van der Waals surface area contributed by atoms with E-state index in [-0.39, 0.29) is 18.6 Å². The van der Waals surface area contributed by atoms with Gasteiger partial charge in [0.15, 0.2) is 0 Å².